The second-order valence-electron chi connectivity index (χ2n) is 3.57. The molecule has 1 saturated carbocycles. The van der Waals surface area contributed by atoms with Gasteiger partial charge in [0.1, 0.15) is 0 Å². The van der Waals surface area contributed by atoms with Gasteiger partial charge in [-0.05, 0) is 12.8 Å². The molecule has 1 aliphatic rings. The lowest BCUT2D eigenvalue weighted by atomic mass is 10.2. The zero-order valence-corrected chi connectivity index (χ0v) is 7.03. The Morgan fingerprint density at radius 2 is 2.00 bits per heavy atom. The van der Waals surface area contributed by atoms with Crippen LogP contribution in [-0.2, 0) is 0 Å². The molecule has 0 heterocycles. The van der Waals surface area contributed by atoms with Crippen LogP contribution in [0.5, 0.6) is 0 Å². The Bertz CT molecular complexity index is 130. The molecular formula is C8H15F2N. The van der Waals surface area contributed by atoms with Gasteiger partial charge < -0.3 is 5.32 Å². The molecule has 0 aromatic rings. The molecule has 1 aliphatic carbocycles. The lowest BCUT2D eigenvalue weighted by molar-refractivity contribution is -0.0222. The molecular weight excluding hydrogens is 148 g/mol. The molecule has 0 spiro atoms. The first kappa shape index (κ1) is 8.91. The first-order valence-corrected chi connectivity index (χ1v) is 4.13. The number of hydrogen-bond acceptors (Lipinski definition) is 1. The first-order valence-electron chi connectivity index (χ1n) is 4.13. The van der Waals surface area contributed by atoms with E-state index in [1.807, 2.05) is 13.8 Å². The Kier molecular flexibility index (Phi) is 2.47. The molecule has 0 aromatic carbocycles. The molecule has 0 aliphatic heterocycles. The molecule has 0 bridgehead atoms. The first-order chi connectivity index (χ1) is 5.02. The largest absolute Gasteiger partial charge is 0.309 e. The summed E-state index contributed by atoms with van der Waals surface area (Å²) in [7, 11) is 0. The van der Waals surface area contributed by atoms with Crippen molar-refractivity contribution in [1.82, 2.24) is 5.32 Å². The molecule has 66 valence electrons. The highest BCUT2D eigenvalue weighted by atomic mass is 19.3. The molecule has 0 saturated heterocycles. The lowest BCUT2D eigenvalue weighted by Gasteiger charge is -2.17. The van der Waals surface area contributed by atoms with Gasteiger partial charge in [-0.1, -0.05) is 13.8 Å². The van der Waals surface area contributed by atoms with E-state index in [0.29, 0.717) is 12.8 Å². The second-order valence-corrected chi connectivity index (χ2v) is 3.57. The number of halogens is 2. The topological polar surface area (TPSA) is 12.0 Å². The van der Waals surface area contributed by atoms with E-state index in [-0.39, 0.29) is 18.5 Å². The van der Waals surface area contributed by atoms with E-state index in [9.17, 15) is 8.78 Å². The highest BCUT2D eigenvalue weighted by Gasteiger charge is 2.46. The Hall–Kier alpha value is -0.180. The van der Waals surface area contributed by atoms with Gasteiger partial charge >= 0.3 is 0 Å². The lowest BCUT2D eigenvalue weighted by Crippen LogP contribution is -2.37. The standard InChI is InChI=1S/C8H15F2N/c1-6(2)11-5-8(9,10)7-3-4-7/h6-7,11H,3-5H2,1-2H3. The summed E-state index contributed by atoms with van der Waals surface area (Å²) in [5, 5.41) is 2.76. The third-order valence-electron chi connectivity index (χ3n) is 1.92. The highest BCUT2D eigenvalue weighted by Crippen LogP contribution is 2.42. The Morgan fingerprint density at radius 3 is 2.36 bits per heavy atom. The number of alkyl halides is 2. The van der Waals surface area contributed by atoms with Crippen LogP contribution >= 0.6 is 0 Å². The SMILES string of the molecule is CC(C)NCC(F)(F)C1CC1. The summed E-state index contributed by atoms with van der Waals surface area (Å²) >= 11 is 0. The molecule has 1 N–H and O–H groups in total. The Morgan fingerprint density at radius 1 is 1.45 bits per heavy atom. The van der Waals surface area contributed by atoms with Gasteiger partial charge in [-0.25, -0.2) is 8.78 Å². The minimum absolute atomic E-state index is 0.152. The van der Waals surface area contributed by atoms with Crippen molar-refractivity contribution in [1.29, 1.82) is 0 Å². The fourth-order valence-electron chi connectivity index (χ4n) is 0.990. The van der Waals surface area contributed by atoms with E-state index >= 15 is 0 Å². The van der Waals surface area contributed by atoms with Crippen LogP contribution in [0.1, 0.15) is 26.7 Å². The minimum atomic E-state index is -2.47. The van der Waals surface area contributed by atoms with E-state index in [0.717, 1.165) is 0 Å². The fraction of sp³-hybridized carbons (Fsp3) is 1.00. The molecule has 3 heteroatoms. The van der Waals surface area contributed by atoms with Crippen molar-refractivity contribution in [3.05, 3.63) is 0 Å². The van der Waals surface area contributed by atoms with Crippen molar-refractivity contribution in [2.45, 2.75) is 38.7 Å². The van der Waals surface area contributed by atoms with Crippen LogP contribution in [0.25, 0.3) is 0 Å². The average molecular weight is 163 g/mol. The van der Waals surface area contributed by atoms with E-state index in [1.165, 1.54) is 0 Å². The van der Waals surface area contributed by atoms with Crippen molar-refractivity contribution >= 4 is 0 Å². The number of rotatable bonds is 4. The maximum absolute atomic E-state index is 12.9. The van der Waals surface area contributed by atoms with Gasteiger partial charge in [0.2, 0.25) is 0 Å². The van der Waals surface area contributed by atoms with Gasteiger partial charge in [0.05, 0.1) is 6.54 Å². The van der Waals surface area contributed by atoms with E-state index in [4.69, 9.17) is 0 Å². The average Bonchev–Trinajstić information content (AvgIpc) is 2.64. The summed E-state index contributed by atoms with van der Waals surface area (Å²) in [4.78, 5) is 0. The number of nitrogens with one attached hydrogen (secondary N) is 1. The van der Waals surface area contributed by atoms with Crippen molar-refractivity contribution in [2.24, 2.45) is 5.92 Å². The van der Waals surface area contributed by atoms with Crippen LogP contribution in [0.4, 0.5) is 8.78 Å². The zero-order valence-electron chi connectivity index (χ0n) is 7.03. The Balaban J connectivity index is 2.22. The monoisotopic (exact) mass is 163 g/mol. The number of hydrogen-bond donors (Lipinski definition) is 1. The quantitative estimate of drug-likeness (QED) is 0.668. The summed E-state index contributed by atoms with van der Waals surface area (Å²) in [6, 6.07) is 0.152. The normalized spacial score (nSPS) is 19.4. The van der Waals surface area contributed by atoms with Crippen molar-refractivity contribution < 1.29 is 8.78 Å². The van der Waals surface area contributed by atoms with Crippen molar-refractivity contribution in [3.63, 3.8) is 0 Å². The maximum Gasteiger partial charge on any atom is 0.263 e. The van der Waals surface area contributed by atoms with Gasteiger partial charge in [0, 0.05) is 12.0 Å². The highest BCUT2D eigenvalue weighted by molar-refractivity contribution is 4.89. The Labute approximate surface area is 66.2 Å². The summed E-state index contributed by atoms with van der Waals surface area (Å²) in [5.74, 6) is -2.81. The summed E-state index contributed by atoms with van der Waals surface area (Å²) in [6.07, 6.45) is 1.40. The predicted octanol–water partition coefficient (Wildman–Crippen LogP) is 2.03. The summed E-state index contributed by atoms with van der Waals surface area (Å²) < 4.78 is 25.8. The van der Waals surface area contributed by atoms with Gasteiger partial charge in [0.15, 0.2) is 0 Å². The maximum atomic E-state index is 12.9. The summed E-state index contributed by atoms with van der Waals surface area (Å²) in [6.45, 7) is 3.60. The van der Waals surface area contributed by atoms with Crippen LogP contribution in [0, 0.1) is 5.92 Å². The molecule has 1 rings (SSSR count). The third-order valence-corrected chi connectivity index (χ3v) is 1.92. The van der Waals surface area contributed by atoms with Gasteiger partial charge in [-0.15, -0.1) is 0 Å². The third kappa shape index (κ3) is 2.73. The van der Waals surface area contributed by atoms with Crippen LogP contribution < -0.4 is 5.32 Å². The molecule has 0 unspecified atom stereocenters. The van der Waals surface area contributed by atoms with Crippen LogP contribution in [0.2, 0.25) is 0 Å². The van der Waals surface area contributed by atoms with E-state index < -0.39 is 5.92 Å². The minimum Gasteiger partial charge on any atom is -0.309 e. The van der Waals surface area contributed by atoms with Gasteiger partial charge in [0.25, 0.3) is 5.92 Å². The van der Waals surface area contributed by atoms with Crippen molar-refractivity contribution in [3.8, 4) is 0 Å². The molecule has 1 nitrogen and oxygen atoms in total. The smallest absolute Gasteiger partial charge is 0.263 e. The van der Waals surface area contributed by atoms with Crippen LogP contribution in [0.15, 0.2) is 0 Å². The molecule has 1 fully saturated rings. The second kappa shape index (κ2) is 3.05. The summed E-state index contributed by atoms with van der Waals surface area (Å²) in [5.41, 5.74) is 0. The van der Waals surface area contributed by atoms with Gasteiger partial charge in [-0.3, -0.25) is 0 Å². The molecule has 0 amide bonds. The zero-order chi connectivity index (χ0) is 8.48. The molecule has 0 radical (unpaired) electrons. The van der Waals surface area contributed by atoms with Crippen LogP contribution in [0.3, 0.4) is 0 Å². The van der Waals surface area contributed by atoms with E-state index in [2.05, 4.69) is 5.32 Å². The fourth-order valence-corrected chi connectivity index (χ4v) is 0.990. The molecule has 0 atom stereocenters. The molecule has 0 aromatic heterocycles. The van der Waals surface area contributed by atoms with Gasteiger partial charge in [-0.2, -0.15) is 0 Å². The van der Waals surface area contributed by atoms with Crippen molar-refractivity contribution in [2.75, 3.05) is 6.54 Å². The van der Waals surface area contributed by atoms with E-state index in [1.54, 1.807) is 0 Å². The van der Waals surface area contributed by atoms with Crippen LogP contribution in [-0.4, -0.2) is 18.5 Å². The molecule has 11 heavy (non-hydrogen) atoms. The predicted molar refractivity (Wildman–Crippen MR) is 40.8 cm³/mol.